The first-order valence-electron chi connectivity index (χ1n) is 4.35. The van der Waals surface area contributed by atoms with Crippen molar-refractivity contribution in [3.8, 4) is 0 Å². The SMILES string of the molecule is O=S(=O)(NC[C@H]1CO1)c1ccccc1. The van der Waals surface area contributed by atoms with E-state index in [0.717, 1.165) is 0 Å². The van der Waals surface area contributed by atoms with Crippen molar-refractivity contribution in [3.63, 3.8) is 0 Å². The fourth-order valence-electron chi connectivity index (χ4n) is 1.07. The number of nitrogens with one attached hydrogen (secondary N) is 1. The number of sulfonamides is 1. The van der Waals surface area contributed by atoms with Gasteiger partial charge in [-0.1, -0.05) is 18.2 Å². The van der Waals surface area contributed by atoms with E-state index in [1.165, 1.54) is 0 Å². The molecule has 1 aromatic rings. The summed E-state index contributed by atoms with van der Waals surface area (Å²) in [5.74, 6) is 0. The maximum Gasteiger partial charge on any atom is 0.240 e. The Balaban J connectivity index is 2.07. The van der Waals surface area contributed by atoms with Gasteiger partial charge in [-0.25, -0.2) is 13.1 Å². The predicted molar refractivity (Wildman–Crippen MR) is 51.4 cm³/mol. The van der Waals surface area contributed by atoms with Gasteiger partial charge in [0.15, 0.2) is 0 Å². The molecule has 0 aliphatic carbocycles. The van der Waals surface area contributed by atoms with Gasteiger partial charge in [-0.05, 0) is 12.1 Å². The lowest BCUT2D eigenvalue weighted by Crippen LogP contribution is -2.27. The number of hydrogen-bond donors (Lipinski definition) is 1. The van der Waals surface area contributed by atoms with Crippen LogP contribution in [0.15, 0.2) is 35.2 Å². The summed E-state index contributed by atoms with van der Waals surface area (Å²) in [5.41, 5.74) is 0. The summed E-state index contributed by atoms with van der Waals surface area (Å²) >= 11 is 0. The van der Waals surface area contributed by atoms with E-state index in [9.17, 15) is 8.42 Å². The van der Waals surface area contributed by atoms with Crippen molar-refractivity contribution in [1.82, 2.24) is 4.72 Å². The normalized spacial score (nSPS) is 20.7. The maximum atomic E-state index is 11.6. The van der Waals surface area contributed by atoms with Gasteiger partial charge >= 0.3 is 0 Å². The topological polar surface area (TPSA) is 58.7 Å². The second-order valence-electron chi connectivity index (χ2n) is 3.12. The fraction of sp³-hybridized carbons (Fsp3) is 0.333. The number of benzene rings is 1. The molecule has 1 saturated heterocycles. The second kappa shape index (κ2) is 3.68. The van der Waals surface area contributed by atoms with Gasteiger partial charge in [0, 0.05) is 6.54 Å². The third kappa shape index (κ3) is 2.31. The van der Waals surface area contributed by atoms with Crippen molar-refractivity contribution in [2.24, 2.45) is 0 Å². The van der Waals surface area contributed by atoms with Crippen molar-refractivity contribution >= 4 is 10.0 Å². The molecule has 0 aromatic heterocycles. The summed E-state index contributed by atoms with van der Waals surface area (Å²) in [5, 5.41) is 0. The number of ether oxygens (including phenoxy) is 1. The Morgan fingerprint density at radius 2 is 2.00 bits per heavy atom. The first-order chi connectivity index (χ1) is 6.68. The van der Waals surface area contributed by atoms with Crippen LogP contribution in [0.3, 0.4) is 0 Å². The third-order valence-electron chi connectivity index (χ3n) is 1.96. The molecule has 1 aliphatic rings. The zero-order valence-electron chi connectivity index (χ0n) is 7.51. The Morgan fingerprint density at radius 1 is 1.36 bits per heavy atom. The third-order valence-corrected chi connectivity index (χ3v) is 3.40. The predicted octanol–water partition coefficient (Wildman–Crippen LogP) is 0.364. The highest BCUT2D eigenvalue weighted by atomic mass is 32.2. The molecule has 4 nitrogen and oxygen atoms in total. The molecule has 5 heteroatoms. The summed E-state index contributed by atoms with van der Waals surface area (Å²) in [6.07, 6.45) is 0.0634. The Morgan fingerprint density at radius 3 is 2.57 bits per heavy atom. The first kappa shape index (κ1) is 9.64. The van der Waals surface area contributed by atoms with Gasteiger partial charge in [0.1, 0.15) is 0 Å². The van der Waals surface area contributed by atoms with E-state index >= 15 is 0 Å². The van der Waals surface area contributed by atoms with Gasteiger partial charge in [0.25, 0.3) is 0 Å². The zero-order chi connectivity index (χ0) is 10.0. The Labute approximate surface area is 82.9 Å². The van der Waals surface area contributed by atoms with Crippen molar-refractivity contribution in [3.05, 3.63) is 30.3 Å². The molecule has 1 aromatic carbocycles. The van der Waals surface area contributed by atoms with Crippen LogP contribution in [0, 0.1) is 0 Å². The van der Waals surface area contributed by atoms with E-state index in [-0.39, 0.29) is 6.10 Å². The highest BCUT2D eigenvalue weighted by Gasteiger charge is 2.24. The Kier molecular flexibility index (Phi) is 2.54. The number of rotatable bonds is 4. The molecule has 1 N–H and O–H groups in total. The lowest BCUT2D eigenvalue weighted by Gasteiger charge is -2.04. The average molecular weight is 213 g/mol. The van der Waals surface area contributed by atoms with Crippen LogP contribution < -0.4 is 4.72 Å². The maximum absolute atomic E-state index is 11.6. The number of hydrogen-bond acceptors (Lipinski definition) is 3. The van der Waals surface area contributed by atoms with Crippen LogP contribution in [0.25, 0.3) is 0 Å². The van der Waals surface area contributed by atoms with Crippen LogP contribution in [0.2, 0.25) is 0 Å². The molecule has 0 spiro atoms. The molecule has 1 aliphatic heterocycles. The van der Waals surface area contributed by atoms with Gasteiger partial charge in [-0.15, -0.1) is 0 Å². The molecule has 0 radical (unpaired) electrons. The molecule has 76 valence electrons. The standard InChI is InChI=1S/C9H11NO3S/c11-14(12,10-6-8-7-13-8)9-4-2-1-3-5-9/h1-5,8,10H,6-7H2/t8-/m0/s1. The van der Waals surface area contributed by atoms with E-state index in [1.54, 1.807) is 30.3 Å². The highest BCUT2D eigenvalue weighted by Crippen LogP contribution is 2.10. The summed E-state index contributed by atoms with van der Waals surface area (Å²) in [6, 6.07) is 8.31. The summed E-state index contributed by atoms with van der Waals surface area (Å²) in [4.78, 5) is 0.292. The molecule has 0 unspecified atom stereocenters. The molecule has 1 atom stereocenters. The molecule has 1 fully saturated rings. The van der Waals surface area contributed by atoms with Crippen molar-refractivity contribution in [2.75, 3.05) is 13.2 Å². The molecular weight excluding hydrogens is 202 g/mol. The van der Waals surface area contributed by atoms with Crippen LogP contribution in [0.5, 0.6) is 0 Å². The summed E-state index contributed by atoms with van der Waals surface area (Å²) in [6.45, 7) is 1.01. The minimum absolute atomic E-state index is 0.0634. The van der Waals surface area contributed by atoms with E-state index < -0.39 is 10.0 Å². The lowest BCUT2D eigenvalue weighted by atomic mass is 10.4. The van der Waals surface area contributed by atoms with Gasteiger partial charge < -0.3 is 4.74 Å². The molecule has 0 amide bonds. The second-order valence-corrected chi connectivity index (χ2v) is 4.89. The molecular formula is C9H11NO3S. The Hall–Kier alpha value is -0.910. The Bertz CT molecular complexity index is 397. The minimum Gasteiger partial charge on any atom is -0.372 e. The van der Waals surface area contributed by atoms with E-state index in [2.05, 4.69) is 4.72 Å². The molecule has 14 heavy (non-hydrogen) atoms. The quantitative estimate of drug-likeness (QED) is 0.735. The largest absolute Gasteiger partial charge is 0.372 e. The fourth-order valence-corrected chi connectivity index (χ4v) is 2.16. The van der Waals surface area contributed by atoms with Crippen molar-refractivity contribution < 1.29 is 13.2 Å². The molecule has 1 heterocycles. The van der Waals surface area contributed by atoms with Gasteiger partial charge in [-0.2, -0.15) is 0 Å². The number of epoxide rings is 1. The zero-order valence-corrected chi connectivity index (χ0v) is 8.33. The van der Waals surface area contributed by atoms with Crippen LogP contribution in [-0.2, 0) is 14.8 Å². The smallest absolute Gasteiger partial charge is 0.240 e. The van der Waals surface area contributed by atoms with E-state index in [0.29, 0.717) is 18.0 Å². The average Bonchev–Trinajstić information content (AvgIpc) is 3.00. The van der Waals surface area contributed by atoms with E-state index in [1.807, 2.05) is 0 Å². The van der Waals surface area contributed by atoms with Crippen molar-refractivity contribution in [1.29, 1.82) is 0 Å². The minimum atomic E-state index is -3.35. The van der Waals surface area contributed by atoms with Gasteiger partial charge in [-0.3, -0.25) is 0 Å². The van der Waals surface area contributed by atoms with Crippen molar-refractivity contribution in [2.45, 2.75) is 11.0 Å². The lowest BCUT2D eigenvalue weighted by molar-refractivity contribution is 0.406. The summed E-state index contributed by atoms with van der Waals surface area (Å²) in [7, 11) is -3.35. The first-order valence-corrected chi connectivity index (χ1v) is 5.83. The van der Waals surface area contributed by atoms with E-state index in [4.69, 9.17) is 4.74 Å². The molecule has 2 rings (SSSR count). The van der Waals surface area contributed by atoms with Crippen LogP contribution in [0.1, 0.15) is 0 Å². The molecule has 0 bridgehead atoms. The van der Waals surface area contributed by atoms with Gasteiger partial charge in [0.2, 0.25) is 10.0 Å². The summed E-state index contributed by atoms with van der Waals surface area (Å²) < 4.78 is 30.6. The highest BCUT2D eigenvalue weighted by molar-refractivity contribution is 7.89. The van der Waals surface area contributed by atoms with Crippen LogP contribution in [-0.4, -0.2) is 27.7 Å². The van der Waals surface area contributed by atoms with Crippen LogP contribution in [0.4, 0.5) is 0 Å². The molecule has 0 saturated carbocycles. The monoisotopic (exact) mass is 213 g/mol. The van der Waals surface area contributed by atoms with Crippen LogP contribution >= 0.6 is 0 Å². The van der Waals surface area contributed by atoms with Gasteiger partial charge in [0.05, 0.1) is 17.6 Å².